The summed E-state index contributed by atoms with van der Waals surface area (Å²) in [6.45, 7) is 1.74. The first kappa shape index (κ1) is 14.5. The lowest BCUT2D eigenvalue weighted by Gasteiger charge is -2.56. The van der Waals surface area contributed by atoms with Crippen molar-refractivity contribution in [1.82, 2.24) is 16.0 Å². The number of rotatable bonds is 2. The van der Waals surface area contributed by atoms with Crippen molar-refractivity contribution in [2.24, 2.45) is 23.7 Å². The molecule has 0 aromatic carbocycles. The molecule has 5 heteroatoms. The number of carbonyl (C=O) groups is 2. The lowest BCUT2D eigenvalue weighted by Crippen LogP contribution is -2.62. The van der Waals surface area contributed by atoms with E-state index in [4.69, 9.17) is 0 Å². The number of piperidine rings is 1. The second kappa shape index (κ2) is 5.52. The highest BCUT2D eigenvalue weighted by molar-refractivity contribution is 5.95. The maximum Gasteiger partial charge on any atom is 0.321 e. The van der Waals surface area contributed by atoms with Crippen LogP contribution in [0.1, 0.15) is 51.4 Å². The largest absolute Gasteiger partial charge is 0.332 e. The van der Waals surface area contributed by atoms with E-state index in [9.17, 15) is 9.59 Å². The monoisotopic (exact) mass is 305 g/mol. The number of imide groups is 1. The highest BCUT2D eigenvalue weighted by atomic mass is 16.2. The molecule has 1 heterocycles. The van der Waals surface area contributed by atoms with Crippen molar-refractivity contribution in [1.29, 1.82) is 0 Å². The Hall–Kier alpha value is -1.10. The van der Waals surface area contributed by atoms with Crippen LogP contribution in [-0.4, -0.2) is 30.6 Å². The maximum atomic E-state index is 12.3. The van der Waals surface area contributed by atoms with E-state index in [1.807, 2.05) is 0 Å². The normalized spacial score (nSPS) is 40.5. The van der Waals surface area contributed by atoms with Crippen molar-refractivity contribution in [3.05, 3.63) is 0 Å². The van der Waals surface area contributed by atoms with Gasteiger partial charge in [0.15, 0.2) is 0 Å². The summed E-state index contributed by atoms with van der Waals surface area (Å²) in [5.41, 5.74) is -0.0206. The summed E-state index contributed by atoms with van der Waals surface area (Å²) >= 11 is 0. The lowest BCUT2D eigenvalue weighted by molar-refractivity contribution is -0.124. The molecule has 4 bridgehead atoms. The van der Waals surface area contributed by atoms with Crippen LogP contribution in [-0.2, 0) is 4.79 Å². The van der Waals surface area contributed by atoms with Gasteiger partial charge in [0.2, 0.25) is 5.91 Å². The molecule has 0 aromatic heterocycles. The van der Waals surface area contributed by atoms with Crippen LogP contribution < -0.4 is 16.0 Å². The molecular formula is C17H27N3O2. The molecule has 0 aromatic rings. The molecule has 1 saturated heterocycles. The van der Waals surface area contributed by atoms with Crippen LogP contribution in [0, 0.1) is 23.7 Å². The minimum atomic E-state index is -0.259. The molecule has 4 aliphatic carbocycles. The van der Waals surface area contributed by atoms with E-state index in [0.717, 1.165) is 62.9 Å². The quantitative estimate of drug-likeness (QED) is 0.728. The summed E-state index contributed by atoms with van der Waals surface area (Å²) < 4.78 is 0. The zero-order valence-electron chi connectivity index (χ0n) is 13.2. The molecule has 122 valence electrons. The van der Waals surface area contributed by atoms with Crippen molar-refractivity contribution in [3.8, 4) is 0 Å². The minimum Gasteiger partial charge on any atom is -0.332 e. The molecule has 5 fully saturated rings. The van der Waals surface area contributed by atoms with Crippen LogP contribution in [0.2, 0.25) is 0 Å². The van der Waals surface area contributed by atoms with Gasteiger partial charge in [-0.25, -0.2) is 4.79 Å². The lowest BCUT2D eigenvalue weighted by atomic mass is 9.53. The van der Waals surface area contributed by atoms with Gasteiger partial charge in [-0.2, -0.15) is 0 Å². The molecule has 3 amide bonds. The summed E-state index contributed by atoms with van der Waals surface area (Å²) in [5.74, 6) is 2.29. The summed E-state index contributed by atoms with van der Waals surface area (Å²) in [6, 6.07) is -0.259. The Balaban J connectivity index is 1.35. The van der Waals surface area contributed by atoms with Gasteiger partial charge in [0.1, 0.15) is 0 Å². The second-order valence-electron chi connectivity index (χ2n) is 8.17. The maximum absolute atomic E-state index is 12.3. The Morgan fingerprint density at radius 1 is 0.909 bits per heavy atom. The Labute approximate surface area is 132 Å². The molecule has 1 aliphatic heterocycles. The summed E-state index contributed by atoms with van der Waals surface area (Å²) in [4.78, 5) is 24.5. The van der Waals surface area contributed by atoms with Gasteiger partial charge in [0.05, 0.1) is 0 Å². The number of urea groups is 1. The van der Waals surface area contributed by atoms with Gasteiger partial charge in [-0.05, 0) is 82.2 Å². The van der Waals surface area contributed by atoms with Crippen molar-refractivity contribution in [2.45, 2.75) is 56.9 Å². The number of nitrogens with one attached hydrogen (secondary N) is 3. The Kier molecular flexibility index (Phi) is 3.63. The number of hydrogen-bond acceptors (Lipinski definition) is 3. The van der Waals surface area contributed by atoms with Gasteiger partial charge in [0.25, 0.3) is 0 Å². The minimum absolute atomic E-state index is 0.0108. The highest BCUT2D eigenvalue weighted by Gasteiger charge is 2.51. The van der Waals surface area contributed by atoms with Gasteiger partial charge < -0.3 is 10.6 Å². The molecule has 0 radical (unpaired) electrons. The molecule has 4 saturated carbocycles. The van der Waals surface area contributed by atoms with E-state index in [1.54, 1.807) is 0 Å². The van der Waals surface area contributed by atoms with E-state index in [1.165, 1.54) is 19.3 Å². The van der Waals surface area contributed by atoms with Crippen molar-refractivity contribution < 1.29 is 9.59 Å². The van der Waals surface area contributed by atoms with Crippen LogP contribution in [0.5, 0.6) is 0 Å². The van der Waals surface area contributed by atoms with Crippen LogP contribution >= 0.6 is 0 Å². The molecule has 3 N–H and O–H groups in total. The van der Waals surface area contributed by atoms with E-state index >= 15 is 0 Å². The fourth-order valence-corrected chi connectivity index (χ4v) is 5.83. The molecule has 5 aliphatic rings. The molecule has 0 atom stereocenters. The Morgan fingerprint density at radius 3 is 2.00 bits per heavy atom. The summed E-state index contributed by atoms with van der Waals surface area (Å²) in [6.07, 6.45) is 9.09. The second-order valence-corrected chi connectivity index (χ2v) is 8.17. The van der Waals surface area contributed by atoms with Crippen molar-refractivity contribution in [3.63, 3.8) is 0 Å². The third kappa shape index (κ3) is 2.75. The van der Waals surface area contributed by atoms with E-state index < -0.39 is 0 Å². The SMILES string of the molecule is O=C(NC(=O)C1CCNCC1)NC12CC3CC(CC(C3)C1)C2. The van der Waals surface area contributed by atoms with Gasteiger partial charge in [-0.3, -0.25) is 10.1 Å². The predicted octanol–water partition coefficient (Wildman–Crippen LogP) is 1.78. The molecule has 5 rings (SSSR count). The smallest absolute Gasteiger partial charge is 0.321 e. The average molecular weight is 305 g/mol. The molecular weight excluding hydrogens is 278 g/mol. The third-order valence-corrected chi connectivity index (χ3v) is 6.36. The zero-order valence-corrected chi connectivity index (χ0v) is 13.2. The van der Waals surface area contributed by atoms with Gasteiger partial charge in [0, 0.05) is 11.5 Å². The average Bonchev–Trinajstić information content (AvgIpc) is 2.45. The summed E-state index contributed by atoms with van der Waals surface area (Å²) in [7, 11) is 0. The van der Waals surface area contributed by atoms with Gasteiger partial charge in [-0.15, -0.1) is 0 Å². The first-order valence-electron chi connectivity index (χ1n) is 8.96. The number of amides is 3. The number of carbonyl (C=O) groups excluding carboxylic acids is 2. The van der Waals surface area contributed by atoms with Gasteiger partial charge >= 0.3 is 6.03 Å². The standard InChI is InChI=1S/C17H27N3O2/c21-15(14-1-3-18-4-2-14)19-16(22)20-17-8-11-5-12(9-17)7-13(6-11)10-17/h11-14,18H,1-10H2,(H2,19,20,21,22). The van der Waals surface area contributed by atoms with Crippen LogP contribution in [0.4, 0.5) is 4.79 Å². The Bertz CT molecular complexity index is 435. The first-order chi connectivity index (χ1) is 10.6. The van der Waals surface area contributed by atoms with E-state index in [2.05, 4.69) is 16.0 Å². The van der Waals surface area contributed by atoms with E-state index in [0.29, 0.717) is 0 Å². The molecule has 22 heavy (non-hydrogen) atoms. The van der Waals surface area contributed by atoms with Gasteiger partial charge in [-0.1, -0.05) is 0 Å². The van der Waals surface area contributed by atoms with Crippen molar-refractivity contribution in [2.75, 3.05) is 13.1 Å². The summed E-state index contributed by atoms with van der Waals surface area (Å²) in [5, 5.41) is 9.06. The van der Waals surface area contributed by atoms with Crippen molar-refractivity contribution >= 4 is 11.9 Å². The van der Waals surface area contributed by atoms with Crippen LogP contribution in [0.25, 0.3) is 0 Å². The highest BCUT2D eigenvalue weighted by Crippen LogP contribution is 2.55. The zero-order chi connectivity index (χ0) is 15.2. The number of hydrogen-bond donors (Lipinski definition) is 3. The first-order valence-corrected chi connectivity index (χ1v) is 8.96. The molecule has 0 spiro atoms. The fraction of sp³-hybridized carbons (Fsp3) is 0.882. The molecule has 5 nitrogen and oxygen atoms in total. The molecule has 0 unspecified atom stereocenters. The topological polar surface area (TPSA) is 70.2 Å². The fourth-order valence-electron chi connectivity index (χ4n) is 5.83. The van der Waals surface area contributed by atoms with Crippen LogP contribution in [0.3, 0.4) is 0 Å². The Morgan fingerprint density at radius 2 is 1.45 bits per heavy atom. The third-order valence-electron chi connectivity index (χ3n) is 6.36. The van der Waals surface area contributed by atoms with E-state index in [-0.39, 0.29) is 23.4 Å². The predicted molar refractivity (Wildman–Crippen MR) is 83.2 cm³/mol. The van der Waals surface area contributed by atoms with Crippen LogP contribution in [0.15, 0.2) is 0 Å².